The molecular formula is C12H16O. The minimum atomic E-state index is 0.412. The zero-order chi connectivity index (χ0) is 9.26. The smallest absolute Gasteiger partial charge is 0.0640 e. The van der Waals surface area contributed by atoms with Gasteiger partial charge in [0.2, 0.25) is 0 Å². The third-order valence-electron chi connectivity index (χ3n) is 3.10. The number of fused-ring (bicyclic) bond motifs is 1. The summed E-state index contributed by atoms with van der Waals surface area (Å²) in [6.07, 6.45) is 2.74. The number of benzene rings is 1. The first kappa shape index (κ1) is 8.76. The number of methoxy groups -OCH3 is 1. The minimum absolute atomic E-state index is 0.412. The van der Waals surface area contributed by atoms with Crippen LogP contribution in [0, 0.1) is 0 Å². The molecule has 13 heavy (non-hydrogen) atoms. The van der Waals surface area contributed by atoms with Crippen molar-refractivity contribution >= 4 is 0 Å². The van der Waals surface area contributed by atoms with Crippen molar-refractivity contribution in [1.82, 2.24) is 0 Å². The Bertz CT molecular complexity index is 293. The molecule has 1 unspecified atom stereocenters. The van der Waals surface area contributed by atoms with Crippen LogP contribution in [0.4, 0.5) is 0 Å². The van der Waals surface area contributed by atoms with E-state index >= 15 is 0 Å². The Morgan fingerprint density at radius 2 is 2.08 bits per heavy atom. The topological polar surface area (TPSA) is 9.23 Å². The van der Waals surface area contributed by atoms with Gasteiger partial charge in [-0.3, -0.25) is 0 Å². The summed E-state index contributed by atoms with van der Waals surface area (Å²) in [5.41, 5.74) is 2.98. The van der Waals surface area contributed by atoms with E-state index in [0.29, 0.717) is 12.0 Å². The van der Waals surface area contributed by atoms with Crippen LogP contribution in [-0.2, 0) is 11.2 Å². The van der Waals surface area contributed by atoms with Crippen molar-refractivity contribution in [1.29, 1.82) is 0 Å². The van der Waals surface area contributed by atoms with E-state index in [1.807, 2.05) is 7.11 Å². The van der Waals surface area contributed by atoms with Crippen LogP contribution >= 0.6 is 0 Å². The Morgan fingerprint density at radius 3 is 2.85 bits per heavy atom. The van der Waals surface area contributed by atoms with Gasteiger partial charge in [0, 0.05) is 13.0 Å². The summed E-state index contributed by atoms with van der Waals surface area (Å²) >= 11 is 0. The molecule has 1 aromatic carbocycles. The summed E-state index contributed by atoms with van der Waals surface area (Å²) < 4.78 is 5.46. The molecule has 2 atom stereocenters. The van der Waals surface area contributed by atoms with Crippen LogP contribution in [0.15, 0.2) is 24.3 Å². The van der Waals surface area contributed by atoms with Crippen molar-refractivity contribution in [2.45, 2.75) is 31.8 Å². The van der Waals surface area contributed by atoms with Gasteiger partial charge in [0.05, 0.1) is 6.10 Å². The van der Waals surface area contributed by atoms with E-state index in [1.165, 1.54) is 17.5 Å². The van der Waals surface area contributed by atoms with E-state index < -0.39 is 0 Å². The van der Waals surface area contributed by atoms with Gasteiger partial charge in [0.25, 0.3) is 0 Å². The van der Waals surface area contributed by atoms with E-state index in [1.54, 1.807) is 0 Å². The highest BCUT2D eigenvalue weighted by Gasteiger charge is 2.25. The Labute approximate surface area is 79.7 Å². The highest BCUT2D eigenvalue weighted by Crippen LogP contribution is 2.32. The second-order valence-electron chi connectivity index (χ2n) is 3.80. The molecule has 0 amide bonds. The van der Waals surface area contributed by atoms with E-state index in [-0.39, 0.29) is 0 Å². The van der Waals surface area contributed by atoms with Gasteiger partial charge in [-0.2, -0.15) is 0 Å². The standard InChI is InChI=1S/C12H16O/c1-9-11-6-4-3-5-10(11)7-8-12(9)13-2/h3-6,9,12H,7-8H2,1-2H3/t9?,12-/m1/s1. The molecule has 0 radical (unpaired) electrons. The average molecular weight is 176 g/mol. The van der Waals surface area contributed by atoms with E-state index in [2.05, 4.69) is 31.2 Å². The zero-order valence-corrected chi connectivity index (χ0v) is 8.29. The Hall–Kier alpha value is -0.820. The van der Waals surface area contributed by atoms with Gasteiger partial charge in [-0.25, -0.2) is 0 Å². The number of hydrogen-bond donors (Lipinski definition) is 0. The maximum Gasteiger partial charge on any atom is 0.0640 e. The molecule has 0 aliphatic heterocycles. The van der Waals surface area contributed by atoms with E-state index in [0.717, 1.165) is 6.42 Å². The molecule has 1 nitrogen and oxygen atoms in total. The average Bonchev–Trinajstić information content (AvgIpc) is 2.19. The van der Waals surface area contributed by atoms with Crippen LogP contribution in [0.2, 0.25) is 0 Å². The molecule has 0 saturated carbocycles. The fourth-order valence-corrected chi connectivity index (χ4v) is 2.28. The monoisotopic (exact) mass is 176 g/mol. The molecule has 1 aliphatic rings. The highest BCUT2D eigenvalue weighted by molar-refractivity contribution is 5.33. The molecule has 70 valence electrons. The summed E-state index contributed by atoms with van der Waals surface area (Å²) in [7, 11) is 1.81. The number of rotatable bonds is 1. The molecule has 0 bridgehead atoms. The molecule has 0 saturated heterocycles. The van der Waals surface area contributed by atoms with Crippen molar-refractivity contribution in [3.8, 4) is 0 Å². The fourth-order valence-electron chi connectivity index (χ4n) is 2.28. The van der Waals surface area contributed by atoms with Crippen molar-refractivity contribution < 1.29 is 4.74 Å². The second kappa shape index (κ2) is 3.51. The maximum absolute atomic E-state index is 5.46. The molecule has 0 aromatic heterocycles. The summed E-state index contributed by atoms with van der Waals surface area (Å²) in [5, 5.41) is 0. The van der Waals surface area contributed by atoms with Gasteiger partial charge >= 0.3 is 0 Å². The van der Waals surface area contributed by atoms with Crippen LogP contribution in [0.25, 0.3) is 0 Å². The van der Waals surface area contributed by atoms with Crippen molar-refractivity contribution in [3.05, 3.63) is 35.4 Å². The summed E-state index contributed by atoms with van der Waals surface area (Å²) in [4.78, 5) is 0. The lowest BCUT2D eigenvalue weighted by molar-refractivity contribution is 0.0712. The van der Waals surface area contributed by atoms with Crippen molar-refractivity contribution in [2.75, 3.05) is 7.11 Å². The van der Waals surface area contributed by atoms with Gasteiger partial charge in [0.15, 0.2) is 0 Å². The minimum Gasteiger partial charge on any atom is -0.381 e. The fraction of sp³-hybridized carbons (Fsp3) is 0.500. The lowest BCUT2D eigenvalue weighted by Gasteiger charge is -2.29. The van der Waals surface area contributed by atoms with Gasteiger partial charge in [-0.05, 0) is 24.0 Å². The first-order valence-corrected chi connectivity index (χ1v) is 4.93. The molecule has 0 N–H and O–H groups in total. The van der Waals surface area contributed by atoms with Crippen LogP contribution in [-0.4, -0.2) is 13.2 Å². The van der Waals surface area contributed by atoms with Crippen molar-refractivity contribution in [3.63, 3.8) is 0 Å². The lowest BCUT2D eigenvalue weighted by atomic mass is 9.82. The normalized spacial score (nSPS) is 26.9. The molecule has 1 heteroatoms. The quantitative estimate of drug-likeness (QED) is 0.639. The van der Waals surface area contributed by atoms with Crippen LogP contribution in [0.3, 0.4) is 0 Å². The predicted octanol–water partition coefficient (Wildman–Crippen LogP) is 2.75. The Kier molecular flexibility index (Phi) is 2.36. The van der Waals surface area contributed by atoms with E-state index in [9.17, 15) is 0 Å². The Balaban J connectivity index is 2.33. The van der Waals surface area contributed by atoms with Gasteiger partial charge in [-0.1, -0.05) is 31.2 Å². The largest absolute Gasteiger partial charge is 0.381 e. The SMILES string of the molecule is CO[C@@H]1CCc2ccccc2C1C. The zero-order valence-electron chi connectivity index (χ0n) is 8.29. The van der Waals surface area contributed by atoms with Gasteiger partial charge < -0.3 is 4.74 Å². The number of hydrogen-bond acceptors (Lipinski definition) is 1. The van der Waals surface area contributed by atoms with Gasteiger partial charge in [0.1, 0.15) is 0 Å². The lowest BCUT2D eigenvalue weighted by Crippen LogP contribution is -2.25. The molecule has 2 rings (SSSR count). The third kappa shape index (κ3) is 1.49. The van der Waals surface area contributed by atoms with Gasteiger partial charge in [-0.15, -0.1) is 0 Å². The number of aryl methyl sites for hydroxylation is 1. The highest BCUT2D eigenvalue weighted by atomic mass is 16.5. The number of ether oxygens (including phenoxy) is 1. The molecular weight excluding hydrogens is 160 g/mol. The third-order valence-corrected chi connectivity index (χ3v) is 3.10. The summed E-state index contributed by atoms with van der Waals surface area (Å²) in [5.74, 6) is 0.551. The second-order valence-corrected chi connectivity index (χ2v) is 3.80. The van der Waals surface area contributed by atoms with E-state index in [4.69, 9.17) is 4.74 Å². The van der Waals surface area contributed by atoms with Crippen LogP contribution < -0.4 is 0 Å². The molecule has 0 heterocycles. The van der Waals surface area contributed by atoms with Crippen molar-refractivity contribution in [2.24, 2.45) is 0 Å². The molecule has 0 fully saturated rings. The van der Waals surface area contributed by atoms with Crippen LogP contribution in [0.5, 0.6) is 0 Å². The first-order chi connectivity index (χ1) is 6.33. The first-order valence-electron chi connectivity index (χ1n) is 4.93. The molecule has 0 spiro atoms. The molecule has 1 aliphatic carbocycles. The van der Waals surface area contributed by atoms with Crippen LogP contribution in [0.1, 0.15) is 30.4 Å². The maximum atomic E-state index is 5.46. The predicted molar refractivity (Wildman–Crippen MR) is 54.0 cm³/mol. The summed E-state index contributed by atoms with van der Waals surface area (Å²) in [6.45, 7) is 2.26. The Morgan fingerprint density at radius 1 is 1.31 bits per heavy atom. The summed E-state index contributed by atoms with van der Waals surface area (Å²) in [6, 6.07) is 8.70. The molecule has 1 aromatic rings.